The normalized spacial score (nSPS) is 18.0. The Morgan fingerprint density at radius 2 is 2.19 bits per heavy atom. The average Bonchev–Trinajstić information content (AvgIpc) is 3.17. The summed E-state index contributed by atoms with van der Waals surface area (Å²) in [6.07, 6.45) is 3.00. The minimum absolute atomic E-state index is 0.0520. The first kappa shape index (κ1) is 13.7. The zero-order chi connectivity index (χ0) is 14.7. The van der Waals surface area contributed by atoms with Gasteiger partial charge in [0.05, 0.1) is 4.92 Å². The molecule has 7 nitrogen and oxygen atoms in total. The lowest BCUT2D eigenvalue weighted by Crippen LogP contribution is -2.09. The van der Waals surface area contributed by atoms with Crippen molar-refractivity contribution in [2.75, 3.05) is 13.1 Å². The first-order chi connectivity index (χ1) is 10.2. The van der Waals surface area contributed by atoms with Crippen LogP contribution in [-0.4, -0.2) is 28.2 Å². The van der Waals surface area contributed by atoms with E-state index in [-0.39, 0.29) is 5.69 Å². The summed E-state index contributed by atoms with van der Waals surface area (Å²) in [4.78, 5) is 14.5. The molecule has 0 spiro atoms. The molecule has 0 bridgehead atoms. The summed E-state index contributed by atoms with van der Waals surface area (Å²) in [5.41, 5.74) is 0.773. The number of hydrogen-bond acceptors (Lipinski definition) is 6. The highest BCUT2D eigenvalue weighted by Gasteiger charge is 2.16. The molecule has 0 saturated carbocycles. The van der Waals surface area contributed by atoms with E-state index >= 15 is 0 Å². The Bertz CT molecular complexity index is 617. The maximum absolute atomic E-state index is 10.6. The monoisotopic (exact) mass is 288 g/mol. The van der Waals surface area contributed by atoms with Gasteiger partial charge in [-0.25, -0.2) is 0 Å². The lowest BCUT2D eigenvalue weighted by molar-refractivity contribution is -0.384. The third kappa shape index (κ3) is 3.25. The molecule has 1 aliphatic rings. The van der Waals surface area contributed by atoms with E-state index in [1.54, 1.807) is 12.1 Å². The molecule has 0 radical (unpaired) electrons. The van der Waals surface area contributed by atoms with Crippen molar-refractivity contribution in [2.24, 2.45) is 5.92 Å². The Kier molecular flexibility index (Phi) is 3.92. The van der Waals surface area contributed by atoms with Crippen molar-refractivity contribution in [3.8, 4) is 11.4 Å². The predicted octanol–water partition coefficient (Wildman–Crippen LogP) is 2.19. The fourth-order valence-electron chi connectivity index (χ4n) is 2.49. The van der Waals surface area contributed by atoms with E-state index in [1.165, 1.54) is 18.6 Å². The largest absolute Gasteiger partial charge is 0.339 e. The molecule has 110 valence electrons. The molecule has 1 saturated heterocycles. The van der Waals surface area contributed by atoms with Crippen molar-refractivity contribution in [2.45, 2.75) is 19.3 Å². The second-order valence-electron chi connectivity index (χ2n) is 5.21. The highest BCUT2D eigenvalue weighted by molar-refractivity contribution is 5.56. The van der Waals surface area contributed by atoms with Gasteiger partial charge in [-0.2, -0.15) is 4.98 Å². The quantitative estimate of drug-likeness (QED) is 0.669. The number of aryl methyl sites for hydroxylation is 1. The van der Waals surface area contributed by atoms with Crippen molar-refractivity contribution in [1.29, 1.82) is 0 Å². The first-order valence-electron chi connectivity index (χ1n) is 7.00. The minimum Gasteiger partial charge on any atom is -0.339 e. The zero-order valence-electron chi connectivity index (χ0n) is 11.5. The molecule has 1 aromatic heterocycles. The maximum atomic E-state index is 10.6. The molecule has 1 fully saturated rings. The standard InChI is InChI=1S/C14H16N4O3/c19-18(20)12-4-2-11(3-5-12)14-16-13(21-17-14)6-1-10-7-8-15-9-10/h2-5,10,15H,1,6-9H2. The van der Waals surface area contributed by atoms with Gasteiger partial charge in [0.2, 0.25) is 11.7 Å². The lowest BCUT2D eigenvalue weighted by Gasteiger charge is -2.03. The Hall–Kier alpha value is -2.28. The van der Waals surface area contributed by atoms with E-state index in [1.807, 2.05) is 0 Å². The van der Waals surface area contributed by atoms with E-state index in [0.29, 0.717) is 17.6 Å². The molecule has 1 aromatic carbocycles. The van der Waals surface area contributed by atoms with E-state index in [9.17, 15) is 10.1 Å². The van der Waals surface area contributed by atoms with Crippen LogP contribution in [0.15, 0.2) is 28.8 Å². The summed E-state index contributed by atoms with van der Waals surface area (Å²) >= 11 is 0. The van der Waals surface area contributed by atoms with Gasteiger partial charge < -0.3 is 9.84 Å². The number of nitro groups is 1. The van der Waals surface area contributed by atoms with Gasteiger partial charge in [-0.15, -0.1) is 0 Å². The van der Waals surface area contributed by atoms with Crippen molar-refractivity contribution in [1.82, 2.24) is 15.5 Å². The Morgan fingerprint density at radius 3 is 2.86 bits per heavy atom. The van der Waals surface area contributed by atoms with Crippen LogP contribution in [0.5, 0.6) is 0 Å². The second kappa shape index (κ2) is 6.01. The molecule has 7 heteroatoms. The van der Waals surface area contributed by atoms with E-state index < -0.39 is 4.92 Å². The van der Waals surface area contributed by atoms with Crippen LogP contribution < -0.4 is 5.32 Å². The van der Waals surface area contributed by atoms with E-state index in [4.69, 9.17) is 4.52 Å². The predicted molar refractivity (Wildman–Crippen MR) is 75.7 cm³/mol. The first-order valence-corrected chi connectivity index (χ1v) is 7.00. The van der Waals surface area contributed by atoms with Crippen molar-refractivity contribution in [3.63, 3.8) is 0 Å². The summed E-state index contributed by atoms with van der Waals surface area (Å²) in [5.74, 6) is 1.78. The van der Waals surface area contributed by atoms with Gasteiger partial charge in [0.25, 0.3) is 5.69 Å². The second-order valence-corrected chi connectivity index (χ2v) is 5.21. The van der Waals surface area contributed by atoms with Crippen LogP contribution in [-0.2, 0) is 6.42 Å². The number of nitro benzene ring substituents is 1. The molecular weight excluding hydrogens is 272 g/mol. The molecule has 0 aliphatic carbocycles. The van der Waals surface area contributed by atoms with Gasteiger partial charge in [-0.1, -0.05) is 5.16 Å². The molecule has 2 aromatic rings. The SMILES string of the molecule is O=[N+]([O-])c1ccc(-c2noc(CCC3CCNC3)n2)cc1. The number of non-ortho nitro benzene ring substituents is 1. The third-order valence-electron chi connectivity index (χ3n) is 3.73. The average molecular weight is 288 g/mol. The number of nitrogens with zero attached hydrogens (tertiary/aromatic N) is 3. The fourth-order valence-corrected chi connectivity index (χ4v) is 2.49. The summed E-state index contributed by atoms with van der Waals surface area (Å²) < 4.78 is 5.24. The molecule has 1 N–H and O–H groups in total. The summed E-state index contributed by atoms with van der Waals surface area (Å²) in [5, 5.41) is 17.9. The smallest absolute Gasteiger partial charge is 0.269 e. The number of hydrogen-bond donors (Lipinski definition) is 1. The van der Waals surface area contributed by atoms with Gasteiger partial charge in [0, 0.05) is 24.1 Å². The van der Waals surface area contributed by atoms with Crippen LogP contribution in [0, 0.1) is 16.0 Å². The topological polar surface area (TPSA) is 94.1 Å². The number of nitrogens with one attached hydrogen (secondary N) is 1. The third-order valence-corrected chi connectivity index (χ3v) is 3.73. The lowest BCUT2D eigenvalue weighted by atomic mass is 10.0. The Labute approximate surface area is 121 Å². The van der Waals surface area contributed by atoms with E-state index in [0.717, 1.165) is 31.5 Å². The highest BCUT2D eigenvalue weighted by atomic mass is 16.6. The summed E-state index contributed by atoms with van der Waals surface area (Å²) in [6, 6.07) is 6.15. The van der Waals surface area contributed by atoms with Crippen LogP contribution in [0.3, 0.4) is 0 Å². The van der Waals surface area contributed by atoms with Gasteiger partial charge in [-0.05, 0) is 44.0 Å². The van der Waals surface area contributed by atoms with Crippen LogP contribution in [0.4, 0.5) is 5.69 Å². The summed E-state index contributed by atoms with van der Waals surface area (Å²) in [6.45, 7) is 2.14. The number of rotatable bonds is 5. The zero-order valence-corrected chi connectivity index (χ0v) is 11.5. The van der Waals surface area contributed by atoms with Crippen molar-refractivity contribution in [3.05, 3.63) is 40.3 Å². The van der Waals surface area contributed by atoms with Crippen molar-refractivity contribution < 1.29 is 9.45 Å². The highest BCUT2D eigenvalue weighted by Crippen LogP contribution is 2.21. The molecule has 1 aliphatic heterocycles. The van der Waals surface area contributed by atoms with Gasteiger partial charge in [-0.3, -0.25) is 10.1 Å². The van der Waals surface area contributed by atoms with Crippen LogP contribution >= 0.6 is 0 Å². The van der Waals surface area contributed by atoms with E-state index in [2.05, 4.69) is 15.5 Å². The molecular formula is C14H16N4O3. The fraction of sp³-hybridized carbons (Fsp3) is 0.429. The van der Waals surface area contributed by atoms with Crippen molar-refractivity contribution >= 4 is 5.69 Å². The Balaban J connectivity index is 1.64. The minimum atomic E-state index is -0.429. The van der Waals surface area contributed by atoms with Crippen LogP contribution in [0.1, 0.15) is 18.7 Å². The number of benzene rings is 1. The molecule has 21 heavy (non-hydrogen) atoms. The number of aromatic nitrogens is 2. The molecule has 1 unspecified atom stereocenters. The van der Waals surface area contributed by atoms with Gasteiger partial charge in [0.15, 0.2) is 0 Å². The van der Waals surface area contributed by atoms with Gasteiger partial charge in [0.1, 0.15) is 0 Å². The summed E-state index contributed by atoms with van der Waals surface area (Å²) in [7, 11) is 0. The molecule has 3 rings (SSSR count). The Morgan fingerprint density at radius 1 is 1.38 bits per heavy atom. The maximum Gasteiger partial charge on any atom is 0.269 e. The van der Waals surface area contributed by atoms with Crippen LogP contribution in [0.2, 0.25) is 0 Å². The molecule has 2 heterocycles. The molecule has 1 atom stereocenters. The molecule has 0 amide bonds. The van der Waals surface area contributed by atoms with Crippen LogP contribution in [0.25, 0.3) is 11.4 Å². The van der Waals surface area contributed by atoms with Gasteiger partial charge >= 0.3 is 0 Å².